The summed E-state index contributed by atoms with van der Waals surface area (Å²) in [5.41, 5.74) is 23.3. The second-order valence-corrected chi connectivity index (χ2v) is 20.5. The van der Waals surface area contributed by atoms with E-state index in [4.69, 9.17) is 0 Å². The van der Waals surface area contributed by atoms with Gasteiger partial charge in [0.25, 0.3) is 6.71 Å². The molecule has 4 fully saturated rings. The first-order valence-electron chi connectivity index (χ1n) is 25.0. The van der Waals surface area contributed by atoms with Crippen molar-refractivity contribution in [3.05, 3.63) is 230 Å². The van der Waals surface area contributed by atoms with E-state index in [0.29, 0.717) is 11.8 Å². The lowest BCUT2D eigenvalue weighted by atomic mass is 9.32. The summed E-state index contributed by atoms with van der Waals surface area (Å²) in [6.07, 6.45) is 6.88. The van der Waals surface area contributed by atoms with E-state index in [1.165, 1.54) is 99.2 Å². The van der Waals surface area contributed by atoms with Crippen LogP contribution >= 0.6 is 0 Å². The number of fused-ring (bicyclic) bond motifs is 6. The molecule has 3 heterocycles. The highest BCUT2D eigenvalue weighted by molar-refractivity contribution is 7.00. The molecule has 4 bridgehead atoms. The van der Waals surface area contributed by atoms with Gasteiger partial charge in [0.05, 0.1) is 5.69 Å². The number of rotatable bonds is 6. The van der Waals surface area contributed by atoms with Crippen LogP contribution in [-0.2, 0) is 5.41 Å². The monoisotopic (exact) mass is 871 g/mol. The van der Waals surface area contributed by atoms with E-state index in [-0.39, 0.29) is 12.1 Å². The molecule has 16 rings (SSSR count). The van der Waals surface area contributed by atoms with Gasteiger partial charge in [-0.2, -0.15) is 0 Å². The van der Waals surface area contributed by atoms with Crippen LogP contribution in [-0.4, -0.2) is 6.71 Å². The standard InChI is InChI=1S/C64H50BN3/c1-5-17-44(18-6-1)46-38-47(45-19-7-2-8-20-45)40-53(39-46)67-59-32-31-52(66(50-21-9-3-10-22-50)51-23-11-4-12-24-51)41-57(59)65-56-27-15-26-55-63(56)68(61-30-16-29-60(67)62(61)65)58-28-14-13-25-54(58)64(55)48-34-42-33-43(36-48)37-49(64)35-42/h1-32,38-43,48-49H,33-37H2. The molecule has 0 amide bonds. The minimum atomic E-state index is 0.0112. The predicted molar refractivity (Wildman–Crippen MR) is 284 cm³/mol. The molecule has 4 saturated carbocycles. The van der Waals surface area contributed by atoms with Crippen molar-refractivity contribution < 1.29 is 0 Å². The lowest BCUT2D eigenvalue weighted by Crippen LogP contribution is -2.64. The lowest BCUT2D eigenvalue weighted by molar-refractivity contribution is -0.0419. The Balaban J connectivity index is 1.02. The molecule has 0 aromatic heterocycles. The molecule has 0 atom stereocenters. The molecule has 3 nitrogen and oxygen atoms in total. The summed E-state index contributed by atoms with van der Waals surface area (Å²) < 4.78 is 0. The lowest BCUT2D eigenvalue weighted by Gasteiger charge is -2.64. The minimum Gasteiger partial charge on any atom is -0.311 e. The zero-order valence-electron chi connectivity index (χ0n) is 38.0. The van der Waals surface area contributed by atoms with E-state index in [1.807, 2.05) is 0 Å². The molecular weight excluding hydrogens is 822 g/mol. The Labute approximate surface area is 400 Å². The van der Waals surface area contributed by atoms with Crippen LogP contribution in [0.1, 0.15) is 43.2 Å². The van der Waals surface area contributed by atoms with Gasteiger partial charge in [0.1, 0.15) is 0 Å². The molecule has 9 aromatic carbocycles. The Hall–Kier alpha value is -7.56. The largest absolute Gasteiger partial charge is 0.311 e. The smallest absolute Gasteiger partial charge is 0.252 e. The van der Waals surface area contributed by atoms with E-state index >= 15 is 0 Å². The van der Waals surface area contributed by atoms with Gasteiger partial charge in [0.2, 0.25) is 0 Å². The second-order valence-electron chi connectivity index (χ2n) is 20.5. The van der Waals surface area contributed by atoms with Crippen molar-refractivity contribution in [3.63, 3.8) is 0 Å². The Morgan fingerprint density at radius 1 is 0.382 bits per heavy atom. The van der Waals surface area contributed by atoms with Crippen LogP contribution in [0.4, 0.5) is 51.2 Å². The van der Waals surface area contributed by atoms with Gasteiger partial charge in [-0.15, -0.1) is 0 Å². The Bertz CT molecular complexity index is 3320. The maximum absolute atomic E-state index is 2.72. The summed E-state index contributed by atoms with van der Waals surface area (Å²) in [6, 6.07) is 82.4. The van der Waals surface area contributed by atoms with Crippen LogP contribution in [0.3, 0.4) is 0 Å². The molecule has 0 radical (unpaired) electrons. The molecule has 0 saturated heterocycles. The fourth-order valence-corrected chi connectivity index (χ4v) is 14.9. The van der Waals surface area contributed by atoms with Gasteiger partial charge in [-0.25, -0.2) is 0 Å². The number of para-hydroxylation sites is 4. The number of hydrogen-bond acceptors (Lipinski definition) is 3. The van der Waals surface area contributed by atoms with Crippen LogP contribution in [0, 0.1) is 23.7 Å². The summed E-state index contributed by atoms with van der Waals surface area (Å²) >= 11 is 0. The van der Waals surface area contributed by atoms with Crippen molar-refractivity contribution in [3.8, 4) is 22.3 Å². The van der Waals surface area contributed by atoms with Crippen molar-refractivity contribution in [1.82, 2.24) is 0 Å². The van der Waals surface area contributed by atoms with Crippen molar-refractivity contribution >= 4 is 74.3 Å². The SMILES string of the molecule is c1ccc(-c2cc(-c3ccccc3)cc(N3c4ccc(N(c5ccccc5)c5ccccc5)cc4B4c5cccc6c5N(c5ccccc5C65C6CC7CC(C6)CC5C7)c5cccc3c54)c2)cc1. The first kappa shape index (κ1) is 38.5. The molecule has 68 heavy (non-hydrogen) atoms. The molecule has 1 spiro atoms. The zero-order chi connectivity index (χ0) is 44.5. The van der Waals surface area contributed by atoms with E-state index < -0.39 is 0 Å². The number of benzene rings is 9. The summed E-state index contributed by atoms with van der Waals surface area (Å²) in [7, 11) is 0. The summed E-state index contributed by atoms with van der Waals surface area (Å²) in [5, 5.41) is 0. The van der Waals surface area contributed by atoms with Crippen LogP contribution in [0.2, 0.25) is 0 Å². The number of nitrogens with zero attached hydrogens (tertiary/aromatic N) is 3. The van der Waals surface area contributed by atoms with E-state index in [2.05, 4.69) is 233 Å². The molecule has 0 N–H and O–H groups in total. The van der Waals surface area contributed by atoms with Gasteiger partial charge < -0.3 is 14.7 Å². The Kier molecular flexibility index (Phi) is 8.34. The van der Waals surface area contributed by atoms with E-state index in [1.54, 1.807) is 11.1 Å². The third-order valence-electron chi connectivity index (χ3n) is 17.1. The second kappa shape index (κ2) is 14.7. The van der Waals surface area contributed by atoms with Crippen LogP contribution in [0.15, 0.2) is 218 Å². The van der Waals surface area contributed by atoms with Gasteiger partial charge in [-0.05, 0) is 184 Å². The van der Waals surface area contributed by atoms with Crippen LogP contribution in [0.25, 0.3) is 22.3 Å². The summed E-state index contributed by atoms with van der Waals surface area (Å²) in [4.78, 5) is 7.74. The fourth-order valence-electron chi connectivity index (χ4n) is 14.9. The zero-order valence-corrected chi connectivity index (χ0v) is 38.0. The molecule has 3 aliphatic heterocycles. The predicted octanol–water partition coefficient (Wildman–Crippen LogP) is 14.6. The Morgan fingerprint density at radius 2 is 0.912 bits per heavy atom. The highest BCUT2D eigenvalue weighted by Gasteiger charge is 2.62. The maximum atomic E-state index is 2.72. The molecule has 4 aliphatic carbocycles. The topological polar surface area (TPSA) is 9.72 Å². The van der Waals surface area contributed by atoms with E-state index in [9.17, 15) is 0 Å². The average molecular weight is 872 g/mol. The fraction of sp³-hybridized carbons (Fsp3) is 0.156. The first-order chi connectivity index (χ1) is 33.7. The third-order valence-corrected chi connectivity index (χ3v) is 17.1. The molecule has 324 valence electrons. The van der Waals surface area contributed by atoms with Gasteiger partial charge >= 0.3 is 0 Å². The number of anilines is 9. The highest BCUT2D eigenvalue weighted by Crippen LogP contribution is 2.69. The van der Waals surface area contributed by atoms with Gasteiger partial charge in [0.15, 0.2) is 0 Å². The van der Waals surface area contributed by atoms with Gasteiger partial charge in [0, 0.05) is 50.9 Å². The molecule has 7 aliphatic rings. The quantitative estimate of drug-likeness (QED) is 0.154. The van der Waals surface area contributed by atoms with Crippen LogP contribution in [0.5, 0.6) is 0 Å². The molecule has 9 aromatic rings. The van der Waals surface area contributed by atoms with Crippen molar-refractivity contribution in [2.45, 2.75) is 37.5 Å². The van der Waals surface area contributed by atoms with Crippen LogP contribution < -0.4 is 31.1 Å². The van der Waals surface area contributed by atoms with Gasteiger partial charge in [-0.1, -0.05) is 140 Å². The summed E-state index contributed by atoms with van der Waals surface area (Å²) in [6.45, 7) is 0.0112. The third kappa shape index (κ3) is 5.43. The van der Waals surface area contributed by atoms with Crippen molar-refractivity contribution in [2.75, 3.05) is 14.7 Å². The first-order valence-corrected chi connectivity index (χ1v) is 25.0. The summed E-state index contributed by atoms with van der Waals surface area (Å²) in [5.74, 6) is 3.10. The van der Waals surface area contributed by atoms with Crippen molar-refractivity contribution in [1.29, 1.82) is 0 Å². The molecule has 0 unspecified atom stereocenters. The minimum absolute atomic E-state index is 0.0112. The average Bonchev–Trinajstić information content (AvgIpc) is 3.40. The van der Waals surface area contributed by atoms with E-state index in [0.717, 1.165) is 34.6 Å². The van der Waals surface area contributed by atoms with Crippen molar-refractivity contribution in [2.24, 2.45) is 23.7 Å². The number of hydrogen-bond donors (Lipinski definition) is 0. The highest BCUT2D eigenvalue weighted by atomic mass is 15.2. The maximum Gasteiger partial charge on any atom is 0.252 e. The Morgan fingerprint density at radius 3 is 1.54 bits per heavy atom. The molecular formula is C64H50BN3. The normalized spacial score (nSPS) is 21.8. The van der Waals surface area contributed by atoms with Gasteiger partial charge in [-0.3, -0.25) is 0 Å². The molecule has 4 heteroatoms.